The maximum atomic E-state index is 13.5. The molecule has 2 N–H and O–H groups in total. The van der Waals surface area contributed by atoms with Gasteiger partial charge in [-0.05, 0) is 25.7 Å². The highest BCUT2D eigenvalue weighted by Gasteiger charge is 2.57. The number of aryl methyl sites for hydroxylation is 2. The Bertz CT molecular complexity index is 746. The summed E-state index contributed by atoms with van der Waals surface area (Å²) in [6.07, 6.45) is 2.35. The van der Waals surface area contributed by atoms with E-state index in [2.05, 4.69) is 20.3 Å². The molecule has 6 nitrogen and oxygen atoms in total. The first-order valence-corrected chi connectivity index (χ1v) is 8.16. The van der Waals surface area contributed by atoms with Crippen LogP contribution in [0.25, 0.3) is 0 Å². The van der Waals surface area contributed by atoms with Gasteiger partial charge in [-0.3, -0.25) is 0 Å². The fraction of sp³-hybridized carbons (Fsp3) is 0.562. The maximum absolute atomic E-state index is 13.5. The van der Waals surface area contributed by atoms with Crippen LogP contribution in [0.3, 0.4) is 0 Å². The number of imidazole rings is 1. The van der Waals surface area contributed by atoms with Crippen molar-refractivity contribution < 1.29 is 18.3 Å². The zero-order valence-electron chi connectivity index (χ0n) is 13.8. The van der Waals surface area contributed by atoms with Crippen LogP contribution in [0.15, 0.2) is 18.7 Å². The van der Waals surface area contributed by atoms with E-state index in [1.54, 1.807) is 0 Å². The third-order valence-corrected chi connectivity index (χ3v) is 4.56. The van der Waals surface area contributed by atoms with Gasteiger partial charge in [-0.25, -0.2) is 15.0 Å². The van der Waals surface area contributed by atoms with Gasteiger partial charge in [-0.1, -0.05) is 0 Å². The molecule has 0 aliphatic heterocycles. The van der Waals surface area contributed by atoms with Crippen molar-refractivity contribution in [2.75, 3.05) is 11.9 Å². The molecule has 0 radical (unpaired) electrons. The van der Waals surface area contributed by atoms with Crippen LogP contribution in [0.5, 0.6) is 0 Å². The predicted octanol–water partition coefficient (Wildman–Crippen LogP) is 2.34. The van der Waals surface area contributed by atoms with Crippen LogP contribution in [0, 0.1) is 0 Å². The topological polar surface area (TPSA) is 75.9 Å². The molecule has 2 heterocycles. The molecule has 0 aromatic carbocycles. The Morgan fingerprint density at radius 1 is 1.20 bits per heavy atom. The molecule has 0 amide bonds. The summed E-state index contributed by atoms with van der Waals surface area (Å²) in [4.78, 5) is 12.1. The molecule has 1 atom stereocenters. The number of hydrogen-bond donors (Lipinski definition) is 2. The second-order valence-corrected chi connectivity index (χ2v) is 6.25. The molecule has 0 spiro atoms. The van der Waals surface area contributed by atoms with Crippen molar-refractivity contribution in [2.24, 2.45) is 7.05 Å². The second kappa shape index (κ2) is 6.62. The molecule has 1 aliphatic carbocycles. The Balaban J connectivity index is 1.76. The van der Waals surface area contributed by atoms with Crippen molar-refractivity contribution in [2.45, 2.75) is 43.9 Å². The number of anilines is 1. The molecule has 0 bridgehead atoms. The van der Waals surface area contributed by atoms with Crippen LogP contribution in [0.2, 0.25) is 0 Å². The van der Waals surface area contributed by atoms with Crippen LogP contribution >= 0.6 is 0 Å². The summed E-state index contributed by atoms with van der Waals surface area (Å²) < 4.78 is 41.7. The maximum Gasteiger partial charge on any atom is 0.424 e. The SMILES string of the molecule is Cn1ccnc1C(O)(CCNc1ncnc2c1CCCC2)C(F)(F)F. The highest BCUT2D eigenvalue weighted by molar-refractivity contribution is 5.46. The fourth-order valence-corrected chi connectivity index (χ4v) is 3.18. The van der Waals surface area contributed by atoms with E-state index in [1.807, 2.05) is 0 Å². The number of nitrogens with zero attached hydrogens (tertiary/aromatic N) is 4. The summed E-state index contributed by atoms with van der Waals surface area (Å²) in [5.41, 5.74) is -1.12. The number of alkyl halides is 3. The van der Waals surface area contributed by atoms with Crippen molar-refractivity contribution >= 4 is 5.82 Å². The van der Waals surface area contributed by atoms with Gasteiger partial charge >= 0.3 is 6.18 Å². The summed E-state index contributed by atoms with van der Waals surface area (Å²) in [5.74, 6) is 0.126. The summed E-state index contributed by atoms with van der Waals surface area (Å²) in [6.45, 7) is -0.0909. The Morgan fingerprint density at radius 3 is 2.64 bits per heavy atom. The monoisotopic (exact) mass is 355 g/mol. The van der Waals surface area contributed by atoms with E-state index in [-0.39, 0.29) is 6.54 Å². The molecule has 0 saturated carbocycles. The Kier molecular flexibility index (Phi) is 4.68. The van der Waals surface area contributed by atoms with E-state index in [0.717, 1.165) is 36.9 Å². The van der Waals surface area contributed by atoms with Crippen molar-refractivity contribution in [3.63, 3.8) is 0 Å². The number of halogens is 3. The van der Waals surface area contributed by atoms with Gasteiger partial charge in [0.15, 0.2) is 0 Å². The van der Waals surface area contributed by atoms with Gasteiger partial charge in [0.2, 0.25) is 5.60 Å². The minimum absolute atomic E-state index is 0.0909. The van der Waals surface area contributed by atoms with Crippen molar-refractivity contribution in [3.05, 3.63) is 35.8 Å². The van der Waals surface area contributed by atoms with Gasteiger partial charge in [0.1, 0.15) is 18.0 Å². The lowest BCUT2D eigenvalue weighted by Gasteiger charge is -2.30. The molecule has 3 rings (SSSR count). The Morgan fingerprint density at radius 2 is 1.96 bits per heavy atom. The molecule has 25 heavy (non-hydrogen) atoms. The zero-order chi connectivity index (χ0) is 18.1. The fourth-order valence-electron chi connectivity index (χ4n) is 3.18. The van der Waals surface area contributed by atoms with Crippen LogP contribution in [0.1, 0.15) is 36.3 Å². The molecule has 1 aliphatic rings. The van der Waals surface area contributed by atoms with Crippen molar-refractivity contribution in [1.29, 1.82) is 0 Å². The third-order valence-electron chi connectivity index (χ3n) is 4.56. The molecule has 9 heteroatoms. The van der Waals surface area contributed by atoms with E-state index in [9.17, 15) is 18.3 Å². The van der Waals surface area contributed by atoms with E-state index in [0.29, 0.717) is 5.82 Å². The van der Waals surface area contributed by atoms with Crippen LogP contribution < -0.4 is 5.32 Å². The second-order valence-electron chi connectivity index (χ2n) is 6.25. The summed E-state index contributed by atoms with van der Waals surface area (Å²) in [7, 11) is 1.42. The Hall–Kier alpha value is -2.16. The standard InChI is InChI=1S/C16H20F3N5O/c1-24-9-8-21-14(24)15(25,16(17,18)19)6-7-20-13-11-4-2-3-5-12(11)22-10-23-13/h8-10,25H,2-7H2,1H3,(H,20,22,23). The van der Waals surface area contributed by atoms with E-state index in [1.165, 1.54) is 30.3 Å². The normalized spacial score (nSPS) is 17.0. The van der Waals surface area contributed by atoms with Gasteiger partial charge in [-0.2, -0.15) is 13.2 Å². The van der Waals surface area contributed by atoms with Gasteiger partial charge < -0.3 is 15.0 Å². The number of aromatic nitrogens is 4. The highest BCUT2D eigenvalue weighted by Crippen LogP contribution is 2.40. The average molecular weight is 355 g/mol. The highest BCUT2D eigenvalue weighted by atomic mass is 19.4. The first-order chi connectivity index (χ1) is 11.8. The smallest absolute Gasteiger partial charge is 0.374 e. The summed E-state index contributed by atoms with van der Waals surface area (Å²) >= 11 is 0. The summed E-state index contributed by atoms with van der Waals surface area (Å²) in [5, 5.41) is 13.3. The largest absolute Gasteiger partial charge is 0.424 e. The molecular formula is C16H20F3N5O. The first kappa shape index (κ1) is 17.7. The van der Waals surface area contributed by atoms with Crippen LogP contribution in [0.4, 0.5) is 19.0 Å². The quantitative estimate of drug-likeness (QED) is 0.861. The van der Waals surface area contributed by atoms with Gasteiger partial charge in [0.25, 0.3) is 0 Å². The molecule has 1 unspecified atom stereocenters. The molecule has 2 aromatic heterocycles. The molecule has 2 aromatic rings. The molecule has 136 valence electrons. The number of nitrogens with one attached hydrogen (secondary N) is 1. The van der Waals surface area contributed by atoms with Gasteiger partial charge in [-0.15, -0.1) is 0 Å². The van der Waals surface area contributed by atoms with Crippen LogP contribution in [-0.4, -0.2) is 37.3 Å². The number of fused-ring (bicyclic) bond motifs is 1. The molecule has 0 saturated heterocycles. The lowest BCUT2D eigenvalue weighted by molar-refractivity contribution is -0.271. The van der Waals surface area contributed by atoms with Crippen molar-refractivity contribution in [3.8, 4) is 0 Å². The van der Waals surface area contributed by atoms with Crippen LogP contribution in [-0.2, 0) is 25.5 Å². The first-order valence-electron chi connectivity index (χ1n) is 8.16. The predicted molar refractivity (Wildman–Crippen MR) is 84.9 cm³/mol. The lowest BCUT2D eigenvalue weighted by atomic mass is 9.95. The van der Waals surface area contributed by atoms with Gasteiger partial charge in [0.05, 0.1) is 0 Å². The summed E-state index contributed by atoms with van der Waals surface area (Å²) in [6, 6.07) is 0. The third kappa shape index (κ3) is 3.33. The zero-order valence-corrected chi connectivity index (χ0v) is 13.8. The number of rotatable bonds is 5. The van der Waals surface area contributed by atoms with E-state index < -0.39 is 24.0 Å². The van der Waals surface area contributed by atoms with Crippen molar-refractivity contribution in [1.82, 2.24) is 19.5 Å². The lowest BCUT2D eigenvalue weighted by Crippen LogP contribution is -2.45. The number of aliphatic hydroxyl groups is 1. The van der Waals surface area contributed by atoms with Gasteiger partial charge in [0, 0.05) is 43.7 Å². The van der Waals surface area contributed by atoms with E-state index >= 15 is 0 Å². The molecular weight excluding hydrogens is 335 g/mol. The average Bonchev–Trinajstić information content (AvgIpc) is 3.00. The number of hydrogen-bond acceptors (Lipinski definition) is 5. The minimum atomic E-state index is -4.83. The van der Waals surface area contributed by atoms with E-state index in [4.69, 9.17) is 0 Å². The minimum Gasteiger partial charge on any atom is -0.374 e. The molecule has 0 fully saturated rings. The Labute approximate surface area is 143 Å².